The van der Waals surface area contributed by atoms with Gasteiger partial charge in [0.2, 0.25) is 0 Å². The summed E-state index contributed by atoms with van der Waals surface area (Å²) in [7, 11) is 0. The maximum Gasteiger partial charge on any atom is 0.287 e. The van der Waals surface area contributed by atoms with Gasteiger partial charge in [-0.05, 0) is 54.4 Å². The summed E-state index contributed by atoms with van der Waals surface area (Å²) in [4.78, 5) is 12.4. The lowest BCUT2D eigenvalue weighted by Gasteiger charge is -2.22. The fourth-order valence-corrected chi connectivity index (χ4v) is 3.37. The average Bonchev–Trinajstić information content (AvgIpc) is 3.15. The molecule has 23 heavy (non-hydrogen) atoms. The van der Waals surface area contributed by atoms with Gasteiger partial charge in [0.15, 0.2) is 5.76 Å². The normalized spacial score (nSPS) is 13.9. The van der Waals surface area contributed by atoms with Crippen LogP contribution in [-0.2, 0) is 5.60 Å². The van der Waals surface area contributed by atoms with Gasteiger partial charge in [-0.3, -0.25) is 4.79 Å². The zero-order valence-electron chi connectivity index (χ0n) is 12.7. The summed E-state index contributed by atoms with van der Waals surface area (Å²) in [5.41, 5.74) is 0.992. The fraction of sp³-hybridized carbons (Fsp3) is 0.235. The quantitative estimate of drug-likeness (QED) is 0.745. The number of halogens is 1. The minimum absolute atomic E-state index is 0.0970. The van der Waals surface area contributed by atoms with Gasteiger partial charge in [-0.1, -0.05) is 11.6 Å². The number of furan rings is 1. The first kappa shape index (κ1) is 16.1. The van der Waals surface area contributed by atoms with Crippen LogP contribution in [0.1, 0.15) is 28.6 Å². The Bertz CT molecular complexity index is 852. The molecular formula is C17H16ClNO3S. The highest BCUT2D eigenvalue weighted by Gasteiger charge is 2.26. The van der Waals surface area contributed by atoms with Crippen molar-refractivity contribution in [3.63, 3.8) is 0 Å². The van der Waals surface area contributed by atoms with Crippen LogP contribution in [0.25, 0.3) is 11.0 Å². The predicted octanol–water partition coefficient (Wildman–Crippen LogP) is 4.09. The van der Waals surface area contributed by atoms with Crippen molar-refractivity contribution in [2.45, 2.75) is 19.4 Å². The van der Waals surface area contributed by atoms with Crippen LogP contribution < -0.4 is 5.32 Å². The second-order valence-electron chi connectivity index (χ2n) is 5.67. The number of nitrogens with one attached hydrogen (secondary N) is 1. The lowest BCUT2D eigenvalue weighted by atomic mass is 9.99. The van der Waals surface area contributed by atoms with Gasteiger partial charge < -0.3 is 14.8 Å². The highest BCUT2D eigenvalue weighted by atomic mass is 35.5. The molecule has 0 saturated carbocycles. The van der Waals surface area contributed by atoms with Crippen molar-refractivity contribution in [1.29, 1.82) is 0 Å². The molecule has 6 heteroatoms. The van der Waals surface area contributed by atoms with E-state index in [1.165, 1.54) is 11.3 Å². The minimum Gasteiger partial charge on any atom is -0.451 e. The van der Waals surface area contributed by atoms with Gasteiger partial charge in [0.05, 0.1) is 6.54 Å². The Morgan fingerprint density at radius 2 is 2.22 bits per heavy atom. The number of benzene rings is 1. The highest BCUT2D eigenvalue weighted by Crippen LogP contribution is 2.28. The van der Waals surface area contributed by atoms with E-state index < -0.39 is 5.60 Å². The number of thiophene rings is 1. The Hall–Kier alpha value is -1.82. The van der Waals surface area contributed by atoms with Crippen LogP contribution in [0.4, 0.5) is 0 Å². The Morgan fingerprint density at radius 1 is 1.43 bits per heavy atom. The first-order valence-corrected chi connectivity index (χ1v) is 8.42. The highest BCUT2D eigenvalue weighted by molar-refractivity contribution is 7.08. The maximum absolute atomic E-state index is 12.4. The average molecular weight is 350 g/mol. The third-order valence-electron chi connectivity index (χ3n) is 3.84. The molecule has 0 bridgehead atoms. The van der Waals surface area contributed by atoms with Crippen LogP contribution in [0, 0.1) is 6.92 Å². The van der Waals surface area contributed by atoms with Gasteiger partial charge in [0.1, 0.15) is 11.2 Å². The van der Waals surface area contributed by atoms with E-state index >= 15 is 0 Å². The summed E-state index contributed by atoms with van der Waals surface area (Å²) in [6.07, 6.45) is 0. The molecule has 0 radical (unpaired) electrons. The van der Waals surface area contributed by atoms with Crippen LogP contribution in [-0.4, -0.2) is 17.6 Å². The van der Waals surface area contributed by atoms with Gasteiger partial charge in [-0.25, -0.2) is 0 Å². The van der Waals surface area contributed by atoms with Crippen LogP contribution in [0.3, 0.4) is 0 Å². The molecule has 0 saturated heterocycles. The van der Waals surface area contributed by atoms with Crippen molar-refractivity contribution in [3.8, 4) is 0 Å². The molecule has 4 nitrogen and oxygen atoms in total. The molecule has 0 aliphatic rings. The first-order valence-electron chi connectivity index (χ1n) is 7.10. The van der Waals surface area contributed by atoms with E-state index in [4.69, 9.17) is 16.0 Å². The number of amides is 1. The first-order chi connectivity index (χ1) is 10.9. The van der Waals surface area contributed by atoms with Gasteiger partial charge >= 0.3 is 0 Å². The molecule has 2 aromatic heterocycles. The van der Waals surface area contributed by atoms with Crippen molar-refractivity contribution in [1.82, 2.24) is 5.32 Å². The SMILES string of the molecule is Cc1c(C(=O)NCC(C)(O)c2ccsc2)oc2ccc(Cl)cc12. The molecule has 1 unspecified atom stereocenters. The molecule has 2 heterocycles. The zero-order valence-corrected chi connectivity index (χ0v) is 14.3. The van der Waals surface area contributed by atoms with Gasteiger partial charge in [0.25, 0.3) is 5.91 Å². The van der Waals surface area contributed by atoms with E-state index in [1.807, 2.05) is 23.8 Å². The Kier molecular flexibility index (Phi) is 4.19. The van der Waals surface area contributed by atoms with E-state index in [1.54, 1.807) is 25.1 Å². The monoisotopic (exact) mass is 349 g/mol. The number of hydrogen-bond acceptors (Lipinski definition) is 4. The van der Waals surface area contributed by atoms with E-state index in [0.717, 1.165) is 16.5 Å². The van der Waals surface area contributed by atoms with Crippen LogP contribution >= 0.6 is 22.9 Å². The molecule has 3 rings (SSSR count). The topological polar surface area (TPSA) is 62.5 Å². The predicted molar refractivity (Wildman–Crippen MR) is 92.2 cm³/mol. The van der Waals surface area contributed by atoms with Crippen LogP contribution in [0.2, 0.25) is 5.02 Å². The van der Waals surface area contributed by atoms with Gasteiger partial charge in [-0.2, -0.15) is 11.3 Å². The minimum atomic E-state index is -1.13. The number of carbonyl (C=O) groups excluding carboxylic acids is 1. The number of fused-ring (bicyclic) bond motifs is 1. The number of aliphatic hydroxyl groups is 1. The number of rotatable bonds is 4. The summed E-state index contributed by atoms with van der Waals surface area (Å²) in [6.45, 7) is 3.58. The second-order valence-corrected chi connectivity index (χ2v) is 6.88. The van der Waals surface area contributed by atoms with Crippen molar-refractivity contribution in [2.24, 2.45) is 0 Å². The largest absolute Gasteiger partial charge is 0.451 e. The second kappa shape index (κ2) is 6.00. The smallest absolute Gasteiger partial charge is 0.287 e. The Morgan fingerprint density at radius 3 is 2.91 bits per heavy atom. The number of carbonyl (C=O) groups is 1. The van der Waals surface area contributed by atoms with E-state index in [0.29, 0.717) is 10.6 Å². The molecule has 0 spiro atoms. The molecule has 0 aliphatic carbocycles. The third-order valence-corrected chi connectivity index (χ3v) is 4.76. The van der Waals surface area contributed by atoms with E-state index in [-0.39, 0.29) is 18.2 Å². The molecule has 0 fully saturated rings. The molecule has 3 aromatic rings. The number of hydrogen-bond donors (Lipinski definition) is 2. The molecule has 0 aliphatic heterocycles. The summed E-state index contributed by atoms with van der Waals surface area (Å²) < 4.78 is 5.62. The lowest BCUT2D eigenvalue weighted by Crippen LogP contribution is -2.38. The Labute approximate surface area is 142 Å². The molecule has 2 N–H and O–H groups in total. The molecule has 1 amide bonds. The van der Waals surface area contributed by atoms with Crippen LogP contribution in [0.15, 0.2) is 39.4 Å². The molecule has 1 aromatic carbocycles. The van der Waals surface area contributed by atoms with Gasteiger partial charge in [0, 0.05) is 16.0 Å². The summed E-state index contributed by atoms with van der Waals surface area (Å²) in [6, 6.07) is 7.07. The molecular weight excluding hydrogens is 334 g/mol. The van der Waals surface area contributed by atoms with Crippen molar-refractivity contribution in [2.75, 3.05) is 6.54 Å². The van der Waals surface area contributed by atoms with Crippen molar-refractivity contribution >= 4 is 39.8 Å². The fourth-order valence-electron chi connectivity index (χ4n) is 2.42. The van der Waals surface area contributed by atoms with Crippen molar-refractivity contribution < 1.29 is 14.3 Å². The Balaban J connectivity index is 1.80. The molecule has 120 valence electrons. The standard InChI is InChI=1S/C17H16ClNO3S/c1-10-13-7-12(18)3-4-14(13)22-15(10)16(20)19-9-17(2,21)11-5-6-23-8-11/h3-8,21H,9H2,1-2H3,(H,19,20). The molecule has 1 atom stereocenters. The van der Waals surface area contributed by atoms with Crippen LogP contribution in [0.5, 0.6) is 0 Å². The lowest BCUT2D eigenvalue weighted by molar-refractivity contribution is 0.0522. The van der Waals surface area contributed by atoms with Gasteiger partial charge in [-0.15, -0.1) is 0 Å². The number of aryl methyl sites for hydroxylation is 1. The van der Waals surface area contributed by atoms with E-state index in [9.17, 15) is 9.90 Å². The van der Waals surface area contributed by atoms with Crippen molar-refractivity contribution in [3.05, 3.63) is 56.9 Å². The zero-order chi connectivity index (χ0) is 16.6. The summed E-state index contributed by atoms with van der Waals surface area (Å²) in [5, 5.41) is 18.3. The maximum atomic E-state index is 12.4. The third kappa shape index (κ3) is 3.13. The summed E-state index contributed by atoms with van der Waals surface area (Å²) in [5.74, 6) is -0.117. The van der Waals surface area contributed by atoms with E-state index in [2.05, 4.69) is 5.32 Å². The summed E-state index contributed by atoms with van der Waals surface area (Å²) >= 11 is 7.48.